The van der Waals surface area contributed by atoms with Crippen LogP contribution in [0.2, 0.25) is 0 Å². The molecule has 0 amide bonds. The first-order valence-corrected chi connectivity index (χ1v) is 12.0. The average Bonchev–Trinajstić information content (AvgIpc) is 3.24. The van der Waals surface area contributed by atoms with Crippen LogP contribution in [-0.4, -0.2) is 52.0 Å². The minimum absolute atomic E-state index is 0. The lowest BCUT2D eigenvalue weighted by atomic mass is 10.1. The highest BCUT2D eigenvalue weighted by Gasteiger charge is 2.27. The summed E-state index contributed by atoms with van der Waals surface area (Å²) in [6.45, 7) is 5.05. The second-order valence-electron chi connectivity index (χ2n) is 6.64. The minimum Gasteiger partial charge on any atom is -0.379 e. The fourth-order valence-corrected chi connectivity index (χ4v) is 6.01. The highest BCUT2D eigenvalue weighted by Crippen LogP contribution is 2.25. The maximum atomic E-state index is 12.7. The van der Waals surface area contributed by atoms with Crippen LogP contribution in [0, 0.1) is 0 Å². The summed E-state index contributed by atoms with van der Waals surface area (Å²) in [4.78, 5) is 5.20. The molecule has 0 spiro atoms. The van der Waals surface area contributed by atoms with Crippen molar-refractivity contribution >= 4 is 51.3 Å². The number of hydrogen-bond donors (Lipinski definition) is 2. The molecule has 7 nitrogen and oxygen atoms in total. The summed E-state index contributed by atoms with van der Waals surface area (Å²) < 4.78 is 32.6. The highest BCUT2D eigenvalue weighted by atomic mass is 127. The number of aryl methyl sites for hydroxylation is 1. The average molecular weight is 565 g/mol. The van der Waals surface area contributed by atoms with Gasteiger partial charge in [-0.1, -0.05) is 31.2 Å². The zero-order valence-electron chi connectivity index (χ0n) is 17.3. The number of halogens is 1. The van der Waals surface area contributed by atoms with E-state index in [9.17, 15) is 8.42 Å². The first-order valence-electron chi connectivity index (χ1n) is 9.72. The van der Waals surface area contributed by atoms with Crippen LogP contribution in [0.3, 0.4) is 0 Å². The van der Waals surface area contributed by atoms with Gasteiger partial charge in [0.1, 0.15) is 4.21 Å². The predicted molar refractivity (Wildman–Crippen MR) is 132 cm³/mol. The Labute approximate surface area is 200 Å². The fraction of sp³-hybridized carbons (Fsp3) is 0.450. The number of aliphatic imine (C=N–C) groups is 1. The maximum Gasteiger partial charge on any atom is 0.252 e. The summed E-state index contributed by atoms with van der Waals surface area (Å²) in [7, 11) is -1.72. The van der Waals surface area contributed by atoms with Gasteiger partial charge in [0, 0.05) is 31.6 Å². The Bertz CT molecular complexity index is 941. The van der Waals surface area contributed by atoms with E-state index in [4.69, 9.17) is 4.74 Å². The van der Waals surface area contributed by atoms with E-state index in [0.717, 1.165) is 11.3 Å². The van der Waals surface area contributed by atoms with E-state index in [1.165, 1.54) is 26.8 Å². The third-order valence-corrected chi connectivity index (χ3v) is 8.25. The third kappa shape index (κ3) is 6.39. The molecule has 1 aromatic carbocycles. The van der Waals surface area contributed by atoms with Gasteiger partial charge in [0.25, 0.3) is 10.0 Å². The number of hydrogen-bond acceptors (Lipinski definition) is 5. The molecule has 3 rings (SSSR count). The SMILES string of the molecule is CCc1ccccc1CNC(=NC)NCc1ccc(S(=O)(=O)N2CCOCC2)s1.I. The van der Waals surface area contributed by atoms with Crippen molar-refractivity contribution in [1.82, 2.24) is 14.9 Å². The first-order chi connectivity index (χ1) is 14.0. The van der Waals surface area contributed by atoms with Crippen molar-refractivity contribution in [2.24, 2.45) is 4.99 Å². The Hall–Kier alpha value is -1.21. The predicted octanol–water partition coefficient (Wildman–Crippen LogP) is 2.81. The lowest BCUT2D eigenvalue weighted by molar-refractivity contribution is 0.0731. The number of ether oxygens (including phenoxy) is 1. The molecule has 1 saturated heterocycles. The zero-order chi connectivity index (χ0) is 20.7. The Kier molecular flexibility index (Phi) is 10.0. The number of benzene rings is 1. The van der Waals surface area contributed by atoms with E-state index in [1.54, 1.807) is 13.1 Å². The lowest BCUT2D eigenvalue weighted by Crippen LogP contribution is -2.40. The molecule has 10 heteroatoms. The molecular weight excluding hydrogens is 535 g/mol. The molecule has 2 N–H and O–H groups in total. The van der Waals surface area contributed by atoms with Crippen LogP contribution in [0.5, 0.6) is 0 Å². The number of rotatable bonds is 7. The van der Waals surface area contributed by atoms with Gasteiger partial charge < -0.3 is 15.4 Å². The molecular formula is C20H29IN4O3S2. The summed E-state index contributed by atoms with van der Waals surface area (Å²) in [5.74, 6) is 0.682. The monoisotopic (exact) mass is 564 g/mol. The van der Waals surface area contributed by atoms with Gasteiger partial charge in [0.2, 0.25) is 0 Å². The topological polar surface area (TPSA) is 83.0 Å². The molecule has 0 aliphatic carbocycles. The lowest BCUT2D eigenvalue weighted by Gasteiger charge is -2.25. The van der Waals surface area contributed by atoms with Crippen LogP contribution < -0.4 is 10.6 Å². The van der Waals surface area contributed by atoms with Crippen molar-refractivity contribution < 1.29 is 13.2 Å². The van der Waals surface area contributed by atoms with Gasteiger partial charge in [0.15, 0.2) is 5.96 Å². The molecule has 2 aromatic rings. The molecule has 0 saturated carbocycles. The fourth-order valence-electron chi connectivity index (χ4n) is 3.15. The highest BCUT2D eigenvalue weighted by molar-refractivity contribution is 14.0. The van der Waals surface area contributed by atoms with E-state index in [1.807, 2.05) is 12.1 Å². The zero-order valence-corrected chi connectivity index (χ0v) is 21.2. The number of morpholine rings is 1. The van der Waals surface area contributed by atoms with Crippen LogP contribution >= 0.6 is 35.3 Å². The number of nitrogens with one attached hydrogen (secondary N) is 2. The van der Waals surface area contributed by atoms with Crippen molar-refractivity contribution in [3.8, 4) is 0 Å². The quantitative estimate of drug-likeness (QED) is 0.307. The third-order valence-electron chi connectivity index (χ3n) is 4.80. The molecule has 166 valence electrons. The normalized spacial score (nSPS) is 15.5. The van der Waals surface area contributed by atoms with Gasteiger partial charge in [-0.15, -0.1) is 35.3 Å². The van der Waals surface area contributed by atoms with Gasteiger partial charge in [-0.05, 0) is 29.7 Å². The molecule has 0 bridgehead atoms. The smallest absolute Gasteiger partial charge is 0.252 e. The Morgan fingerprint density at radius 3 is 2.43 bits per heavy atom. The van der Waals surface area contributed by atoms with Crippen LogP contribution in [0.25, 0.3) is 0 Å². The number of guanidine groups is 1. The van der Waals surface area contributed by atoms with Crippen LogP contribution in [0.4, 0.5) is 0 Å². The molecule has 1 aliphatic heterocycles. The maximum absolute atomic E-state index is 12.7. The van der Waals surface area contributed by atoms with Gasteiger partial charge in [-0.2, -0.15) is 4.31 Å². The summed E-state index contributed by atoms with van der Waals surface area (Å²) in [6.07, 6.45) is 0.986. The van der Waals surface area contributed by atoms with E-state index >= 15 is 0 Å². The number of nitrogens with zero attached hydrogens (tertiary/aromatic N) is 2. The molecule has 0 unspecified atom stereocenters. The summed E-state index contributed by atoms with van der Waals surface area (Å²) in [6, 6.07) is 11.9. The number of thiophene rings is 1. The van der Waals surface area contributed by atoms with E-state index in [2.05, 4.69) is 40.7 Å². The molecule has 0 atom stereocenters. The van der Waals surface area contributed by atoms with Crippen LogP contribution in [0.15, 0.2) is 45.6 Å². The summed E-state index contributed by atoms with van der Waals surface area (Å²) in [5, 5.41) is 6.58. The second kappa shape index (κ2) is 12.0. The Morgan fingerprint density at radius 1 is 1.10 bits per heavy atom. The molecule has 1 aromatic heterocycles. The molecule has 1 fully saturated rings. The van der Waals surface area contributed by atoms with Gasteiger partial charge in [-0.25, -0.2) is 8.42 Å². The largest absolute Gasteiger partial charge is 0.379 e. The van der Waals surface area contributed by atoms with Crippen LogP contribution in [-0.2, 0) is 34.3 Å². The van der Waals surface area contributed by atoms with Crippen molar-refractivity contribution in [2.45, 2.75) is 30.6 Å². The van der Waals surface area contributed by atoms with Crippen molar-refractivity contribution in [1.29, 1.82) is 0 Å². The van der Waals surface area contributed by atoms with Crippen molar-refractivity contribution in [3.05, 3.63) is 52.4 Å². The Morgan fingerprint density at radius 2 is 1.77 bits per heavy atom. The summed E-state index contributed by atoms with van der Waals surface area (Å²) >= 11 is 1.29. The number of sulfonamides is 1. The second-order valence-corrected chi connectivity index (χ2v) is 9.97. The van der Waals surface area contributed by atoms with Crippen LogP contribution in [0.1, 0.15) is 22.9 Å². The molecule has 30 heavy (non-hydrogen) atoms. The van der Waals surface area contributed by atoms with Gasteiger partial charge >= 0.3 is 0 Å². The van der Waals surface area contributed by atoms with Crippen molar-refractivity contribution in [2.75, 3.05) is 33.4 Å². The molecule has 2 heterocycles. The van der Waals surface area contributed by atoms with Crippen molar-refractivity contribution in [3.63, 3.8) is 0 Å². The minimum atomic E-state index is -3.44. The van der Waals surface area contributed by atoms with E-state index in [-0.39, 0.29) is 24.0 Å². The first kappa shape index (κ1) is 25.1. The summed E-state index contributed by atoms with van der Waals surface area (Å²) in [5.41, 5.74) is 2.56. The molecule has 0 radical (unpaired) electrons. The van der Waals surface area contributed by atoms with Gasteiger partial charge in [-0.3, -0.25) is 4.99 Å². The standard InChI is InChI=1S/C20H28N4O3S2.HI/c1-3-16-6-4-5-7-17(16)14-22-20(21-2)23-15-18-8-9-19(28-18)29(25,26)24-10-12-27-13-11-24;/h4-9H,3,10-15H2,1-2H3,(H2,21,22,23);1H. The Balaban J connectivity index is 0.00000320. The van der Waals surface area contributed by atoms with Gasteiger partial charge in [0.05, 0.1) is 19.8 Å². The van der Waals surface area contributed by atoms with E-state index < -0.39 is 10.0 Å². The van der Waals surface area contributed by atoms with E-state index in [0.29, 0.717) is 49.6 Å². The molecule has 1 aliphatic rings.